The summed E-state index contributed by atoms with van der Waals surface area (Å²) in [5.41, 5.74) is 3.20. The second-order valence-electron chi connectivity index (χ2n) is 4.57. The molecule has 0 spiro atoms. The molecule has 1 atom stereocenters. The van der Waals surface area contributed by atoms with Crippen molar-refractivity contribution >= 4 is 34.2 Å². The highest BCUT2D eigenvalue weighted by Gasteiger charge is 2.30. The first kappa shape index (κ1) is 14.7. The monoisotopic (exact) mass is 344 g/mol. The molecule has 0 amide bonds. The topological polar surface area (TPSA) is 35.5 Å². The summed E-state index contributed by atoms with van der Waals surface area (Å²) in [5, 5.41) is 0.986. The molecule has 0 radical (unpaired) electrons. The van der Waals surface area contributed by atoms with Crippen LogP contribution in [0.5, 0.6) is 11.5 Å². The van der Waals surface area contributed by atoms with Crippen molar-refractivity contribution in [3.63, 3.8) is 0 Å². The Kier molecular flexibility index (Phi) is 4.79. The molecule has 1 unspecified atom stereocenters. The Morgan fingerprint density at radius 1 is 1.32 bits per heavy atom. The third-order valence-corrected chi connectivity index (χ3v) is 5.25. The highest BCUT2D eigenvalue weighted by Crippen LogP contribution is 2.50. The molecule has 0 aliphatic carbocycles. The van der Waals surface area contributed by atoms with Crippen LogP contribution in [0.3, 0.4) is 0 Å². The van der Waals surface area contributed by atoms with E-state index in [1.54, 1.807) is 11.8 Å². The number of carbonyl (C=O) groups is 1. The minimum atomic E-state index is 0.163. The number of benzene rings is 1. The minimum absolute atomic E-state index is 0.163. The standard InChI is InChI=1S/C14H17BrO3S/c1-8-9(2)13-14(10(3)12(8)17-7-16)19-11(18-13)5-4-6-15/h7,11H,4-6H2,1-3H3. The van der Waals surface area contributed by atoms with Gasteiger partial charge < -0.3 is 9.47 Å². The van der Waals surface area contributed by atoms with Crippen molar-refractivity contribution in [2.75, 3.05) is 5.33 Å². The molecule has 1 aliphatic heterocycles. The first-order valence-corrected chi connectivity index (χ1v) is 8.23. The van der Waals surface area contributed by atoms with Gasteiger partial charge in [0.05, 0.1) is 4.90 Å². The van der Waals surface area contributed by atoms with Crippen LogP contribution >= 0.6 is 27.7 Å². The third kappa shape index (κ3) is 2.77. The van der Waals surface area contributed by atoms with Gasteiger partial charge in [0.2, 0.25) is 0 Å². The molecule has 1 aromatic carbocycles. The van der Waals surface area contributed by atoms with Crippen molar-refractivity contribution in [2.24, 2.45) is 0 Å². The van der Waals surface area contributed by atoms with Gasteiger partial charge in [-0.05, 0) is 44.7 Å². The largest absolute Gasteiger partial charge is 0.478 e. The molecule has 2 rings (SSSR count). The van der Waals surface area contributed by atoms with E-state index < -0.39 is 0 Å². The number of fused-ring (bicyclic) bond motifs is 1. The minimum Gasteiger partial charge on any atom is -0.478 e. The number of alkyl halides is 1. The number of hydrogen-bond acceptors (Lipinski definition) is 4. The van der Waals surface area contributed by atoms with Gasteiger partial charge in [-0.3, -0.25) is 4.79 Å². The summed E-state index contributed by atoms with van der Waals surface area (Å²) in [6.45, 7) is 6.44. The van der Waals surface area contributed by atoms with E-state index in [2.05, 4.69) is 15.9 Å². The molecular formula is C14H17BrO3S. The summed E-state index contributed by atoms with van der Waals surface area (Å²) >= 11 is 5.17. The van der Waals surface area contributed by atoms with Gasteiger partial charge in [0.1, 0.15) is 16.9 Å². The molecule has 0 saturated carbocycles. The molecule has 1 aliphatic rings. The van der Waals surface area contributed by atoms with Gasteiger partial charge in [0.25, 0.3) is 6.47 Å². The molecule has 0 N–H and O–H groups in total. The Labute approximate surface area is 126 Å². The van der Waals surface area contributed by atoms with Gasteiger partial charge in [0, 0.05) is 10.9 Å². The molecule has 1 heterocycles. The summed E-state index contributed by atoms with van der Waals surface area (Å²) in [6.07, 6.45) is 2.09. The van der Waals surface area contributed by atoms with E-state index in [0.717, 1.165) is 45.5 Å². The second kappa shape index (κ2) is 6.18. The fourth-order valence-electron chi connectivity index (χ4n) is 2.22. The van der Waals surface area contributed by atoms with Crippen LogP contribution in [0, 0.1) is 20.8 Å². The summed E-state index contributed by atoms with van der Waals surface area (Å²) < 4.78 is 11.2. The Balaban J connectivity index is 2.36. The summed E-state index contributed by atoms with van der Waals surface area (Å²) in [6, 6.07) is 0. The van der Waals surface area contributed by atoms with Crippen LogP contribution < -0.4 is 9.47 Å². The maximum Gasteiger partial charge on any atom is 0.298 e. The van der Waals surface area contributed by atoms with Gasteiger partial charge in [-0.15, -0.1) is 0 Å². The van der Waals surface area contributed by atoms with Crippen molar-refractivity contribution in [3.8, 4) is 11.5 Å². The van der Waals surface area contributed by atoms with Crippen LogP contribution in [-0.4, -0.2) is 17.2 Å². The van der Waals surface area contributed by atoms with Crippen LogP contribution in [-0.2, 0) is 4.79 Å². The molecule has 5 heteroatoms. The molecule has 0 aromatic heterocycles. The number of rotatable bonds is 5. The van der Waals surface area contributed by atoms with E-state index in [1.807, 2.05) is 20.8 Å². The molecule has 19 heavy (non-hydrogen) atoms. The van der Waals surface area contributed by atoms with Crippen molar-refractivity contribution in [1.29, 1.82) is 0 Å². The van der Waals surface area contributed by atoms with Gasteiger partial charge in [-0.2, -0.15) is 0 Å². The van der Waals surface area contributed by atoms with Crippen LogP contribution in [0.4, 0.5) is 0 Å². The maximum absolute atomic E-state index is 10.6. The zero-order valence-corrected chi connectivity index (χ0v) is 13.7. The van der Waals surface area contributed by atoms with E-state index >= 15 is 0 Å². The van der Waals surface area contributed by atoms with Gasteiger partial charge in [0.15, 0.2) is 0 Å². The summed E-state index contributed by atoms with van der Waals surface area (Å²) in [7, 11) is 0. The third-order valence-electron chi connectivity index (χ3n) is 3.37. The smallest absolute Gasteiger partial charge is 0.298 e. The lowest BCUT2D eigenvalue weighted by Gasteiger charge is -2.14. The summed E-state index contributed by atoms with van der Waals surface area (Å²) in [4.78, 5) is 11.7. The van der Waals surface area contributed by atoms with Gasteiger partial charge >= 0.3 is 0 Å². The fraction of sp³-hybridized carbons (Fsp3) is 0.500. The van der Waals surface area contributed by atoms with Gasteiger partial charge in [-0.1, -0.05) is 27.7 Å². The highest BCUT2D eigenvalue weighted by molar-refractivity contribution is 9.09. The summed E-state index contributed by atoms with van der Waals surface area (Å²) in [5.74, 6) is 1.63. The van der Waals surface area contributed by atoms with E-state index in [4.69, 9.17) is 9.47 Å². The lowest BCUT2D eigenvalue weighted by atomic mass is 10.0. The number of thioether (sulfide) groups is 1. The SMILES string of the molecule is Cc1c(C)c2c(c(C)c1OC=O)SC(CCCBr)O2. The molecule has 104 valence electrons. The molecule has 0 fully saturated rings. The van der Waals surface area contributed by atoms with E-state index in [1.165, 1.54) is 0 Å². The quantitative estimate of drug-likeness (QED) is 0.594. The fourth-order valence-corrected chi connectivity index (χ4v) is 3.82. The average Bonchev–Trinajstić information content (AvgIpc) is 2.83. The van der Waals surface area contributed by atoms with Crippen LogP contribution in [0.2, 0.25) is 0 Å². The predicted octanol–water partition coefficient (Wildman–Crippen LogP) is 4.13. The van der Waals surface area contributed by atoms with Crippen LogP contribution in [0.15, 0.2) is 4.90 Å². The molecule has 0 saturated heterocycles. The number of hydrogen-bond donors (Lipinski definition) is 0. The molecule has 0 bridgehead atoms. The van der Waals surface area contributed by atoms with Crippen LogP contribution in [0.25, 0.3) is 0 Å². The lowest BCUT2D eigenvalue weighted by Crippen LogP contribution is -2.07. The first-order valence-electron chi connectivity index (χ1n) is 6.23. The number of ether oxygens (including phenoxy) is 2. The number of carbonyl (C=O) groups excluding carboxylic acids is 1. The molecule has 1 aromatic rings. The maximum atomic E-state index is 10.6. The van der Waals surface area contributed by atoms with Gasteiger partial charge in [-0.25, -0.2) is 0 Å². The van der Waals surface area contributed by atoms with E-state index in [0.29, 0.717) is 12.2 Å². The average molecular weight is 345 g/mol. The highest BCUT2D eigenvalue weighted by atomic mass is 79.9. The van der Waals surface area contributed by atoms with Crippen molar-refractivity contribution in [3.05, 3.63) is 16.7 Å². The van der Waals surface area contributed by atoms with Crippen molar-refractivity contribution in [2.45, 2.75) is 43.9 Å². The van der Waals surface area contributed by atoms with Crippen molar-refractivity contribution < 1.29 is 14.3 Å². The molecule has 3 nitrogen and oxygen atoms in total. The Hall–Kier alpha value is -0.680. The Bertz CT molecular complexity index is 502. The van der Waals surface area contributed by atoms with E-state index in [9.17, 15) is 4.79 Å². The van der Waals surface area contributed by atoms with E-state index in [-0.39, 0.29) is 5.44 Å². The first-order chi connectivity index (χ1) is 9.10. The second-order valence-corrected chi connectivity index (χ2v) is 6.54. The zero-order valence-electron chi connectivity index (χ0n) is 11.3. The molecular weight excluding hydrogens is 328 g/mol. The lowest BCUT2D eigenvalue weighted by molar-refractivity contribution is -0.120. The van der Waals surface area contributed by atoms with Crippen LogP contribution in [0.1, 0.15) is 29.5 Å². The Morgan fingerprint density at radius 3 is 2.68 bits per heavy atom. The predicted molar refractivity (Wildman–Crippen MR) is 80.6 cm³/mol. The normalized spacial score (nSPS) is 16.9. The number of halogens is 1. The Morgan fingerprint density at radius 2 is 2.05 bits per heavy atom. The zero-order chi connectivity index (χ0) is 14.0. The van der Waals surface area contributed by atoms with Crippen molar-refractivity contribution in [1.82, 2.24) is 0 Å².